The Labute approximate surface area is 90.7 Å². The van der Waals surface area contributed by atoms with Gasteiger partial charge in [0.15, 0.2) is 11.9 Å². The Balaban J connectivity index is 4.81. The van der Waals surface area contributed by atoms with Gasteiger partial charge in [0.25, 0.3) is 0 Å². The SMILES string of the molecule is N[C@@H](CO)C(=O)[C@H](OP(=O)(O)O)[C@H](O)CO. The fourth-order valence-corrected chi connectivity index (χ4v) is 1.40. The van der Waals surface area contributed by atoms with Gasteiger partial charge < -0.3 is 30.8 Å². The summed E-state index contributed by atoms with van der Waals surface area (Å²) in [4.78, 5) is 28.3. The highest BCUT2D eigenvalue weighted by Gasteiger charge is 2.36. The standard InChI is InChI=1S/C6H14NO8P/c7-3(1-8)5(11)6(4(10)2-9)15-16(12,13)14/h3-4,6,8-10H,1-2,7H2,(H2,12,13,14)/t3-,4+,6+/m0/s1. The molecule has 0 heterocycles. The lowest BCUT2D eigenvalue weighted by Crippen LogP contribution is -2.48. The maximum atomic E-state index is 11.3. The van der Waals surface area contributed by atoms with E-state index in [9.17, 15) is 9.36 Å². The van der Waals surface area contributed by atoms with Crippen LogP contribution in [0.1, 0.15) is 0 Å². The van der Waals surface area contributed by atoms with Gasteiger partial charge in [-0.05, 0) is 0 Å². The maximum Gasteiger partial charge on any atom is 0.470 e. The lowest BCUT2D eigenvalue weighted by atomic mass is 10.0. The van der Waals surface area contributed by atoms with Gasteiger partial charge in [-0.2, -0.15) is 0 Å². The summed E-state index contributed by atoms with van der Waals surface area (Å²) in [6.07, 6.45) is -3.83. The molecule has 0 aliphatic heterocycles. The van der Waals surface area contributed by atoms with E-state index in [1.165, 1.54) is 0 Å². The average molecular weight is 259 g/mol. The molecule has 0 aromatic rings. The Kier molecular flexibility index (Phi) is 6.23. The van der Waals surface area contributed by atoms with E-state index in [-0.39, 0.29) is 0 Å². The number of rotatable bonds is 7. The fourth-order valence-electron chi connectivity index (χ4n) is 0.856. The number of hydrogen-bond acceptors (Lipinski definition) is 7. The molecule has 0 aliphatic rings. The second-order valence-corrected chi connectivity index (χ2v) is 4.15. The van der Waals surface area contributed by atoms with E-state index in [0.29, 0.717) is 0 Å². The predicted molar refractivity (Wildman–Crippen MR) is 50.1 cm³/mol. The van der Waals surface area contributed by atoms with Crippen molar-refractivity contribution in [3.8, 4) is 0 Å². The van der Waals surface area contributed by atoms with Crippen molar-refractivity contribution >= 4 is 13.6 Å². The molecule has 0 saturated carbocycles. The van der Waals surface area contributed by atoms with Gasteiger partial charge in [0.05, 0.1) is 19.3 Å². The van der Waals surface area contributed by atoms with Crippen LogP contribution in [0.15, 0.2) is 0 Å². The van der Waals surface area contributed by atoms with Crippen molar-refractivity contribution in [2.45, 2.75) is 18.2 Å². The number of aliphatic hydroxyl groups excluding tert-OH is 3. The van der Waals surface area contributed by atoms with Gasteiger partial charge in [-0.15, -0.1) is 0 Å². The molecule has 0 aliphatic carbocycles. The predicted octanol–water partition coefficient (Wildman–Crippen LogP) is -3.29. The second-order valence-electron chi connectivity index (χ2n) is 2.96. The van der Waals surface area contributed by atoms with Crippen LogP contribution in [-0.2, 0) is 13.9 Å². The Morgan fingerprint density at radius 2 is 1.81 bits per heavy atom. The highest BCUT2D eigenvalue weighted by molar-refractivity contribution is 7.46. The van der Waals surface area contributed by atoms with Gasteiger partial charge in [-0.25, -0.2) is 4.57 Å². The summed E-state index contributed by atoms with van der Waals surface area (Å²) in [6.45, 7) is -1.73. The number of carbonyl (C=O) groups is 1. The van der Waals surface area contributed by atoms with Crippen molar-refractivity contribution in [1.29, 1.82) is 0 Å². The summed E-state index contributed by atoms with van der Waals surface area (Å²) in [5, 5.41) is 26.3. The van der Waals surface area contributed by atoms with Gasteiger partial charge in [0.2, 0.25) is 0 Å². The number of carbonyl (C=O) groups excluding carboxylic acids is 1. The minimum Gasteiger partial charge on any atom is -0.394 e. The first-order chi connectivity index (χ1) is 7.22. The number of phosphoric ester groups is 1. The molecule has 0 aromatic carbocycles. The van der Waals surface area contributed by atoms with Crippen molar-refractivity contribution < 1.29 is 39.0 Å². The summed E-state index contributed by atoms with van der Waals surface area (Å²) in [5.74, 6) is -1.12. The number of ketones is 1. The van der Waals surface area contributed by atoms with Gasteiger partial charge in [0, 0.05) is 0 Å². The number of phosphoric acid groups is 1. The quantitative estimate of drug-likeness (QED) is 0.256. The number of nitrogens with two attached hydrogens (primary N) is 1. The second kappa shape index (κ2) is 6.38. The molecule has 16 heavy (non-hydrogen) atoms. The highest BCUT2D eigenvalue weighted by atomic mass is 31.2. The van der Waals surface area contributed by atoms with Crippen LogP contribution in [-0.4, -0.2) is 62.4 Å². The van der Waals surface area contributed by atoms with Crippen molar-refractivity contribution in [2.24, 2.45) is 5.73 Å². The number of Topliss-reactive ketones (excluding diaryl/α,β-unsaturated/α-hetero) is 1. The van der Waals surface area contributed by atoms with E-state index in [1.807, 2.05) is 0 Å². The normalized spacial score (nSPS) is 17.9. The molecule has 9 nitrogen and oxygen atoms in total. The minimum atomic E-state index is -5.02. The van der Waals surface area contributed by atoms with E-state index >= 15 is 0 Å². The van der Waals surface area contributed by atoms with E-state index in [1.54, 1.807) is 0 Å². The molecule has 0 amide bonds. The highest BCUT2D eigenvalue weighted by Crippen LogP contribution is 2.38. The zero-order chi connectivity index (χ0) is 12.9. The zero-order valence-corrected chi connectivity index (χ0v) is 9.03. The number of hydrogen-bond donors (Lipinski definition) is 6. The molecule has 0 bridgehead atoms. The van der Waals surface area contributed by atoms with E-state index in [2.05, 4.69) is 4.52 Å². The lowest BCUT2D eigenvalue weighted by Gasteiger charge is -2.22. The third-order valence-electron chi connectivity index (χ3n) is 1.63. The molecule has 3 atom stereocenters. The van der Waals surface area contributed by atoms with Gasteiger partial charge in [-0.3, -0.25) is 9.32 Å². The molecular weight excluding hydrogens is 245 g/mol. The Morgan fingerprint density at radius 3 is 2.12 bits per heavy atom. The van der Waals surface area contributed by atoms with Crippen LogP contribution in [0.25, 0.3) is 0 Å². The topological polar surface area (TPSA) is 171 Å². The molecule has 10 heteroatoms. The van der Waals surface area contributed by atoms with Crippen LogP contribution in [0.5, 0.6) is 0 Å². The maximum absolute atomic E-state index is 11.3. The third-order valence-corrected chi connectivity index (χ3v) is 2.13. The van der Waals surface area contributed by atoms with Crippen LogP contribution in [0.3, 0.4) is 0 Å². The molecule has 96 valence electrons. The van der Waals surface area contributed by atoms with Gasteiger partial charge >= 0.3 is 7.82 Å². The van der Waals surface area contributed by atoms with Crippen LogP contribution >= 0.6 is 7.82 Å². The summed E-state index contributed by atoms with van der Waals surface area (Å²) in [6, 6.07) is -1.46. The monoisotopic (exact) mass is 259 g/mol. The molecule has 0 radical (unpaired) electrons. The Morgan fingerprint density at radius 1 is 1.31 bits per heavy atom. The molecule has 0 saturated heterocycles. The first-order valence-corrected chi connectivity index (χ1v) is 5.69. The summed E-state index contributed by atoms with van der Waals surface area (Å²) >= 11 is 0. The molecular formula is C6H14NO8P. The zero-order valence-electron chi connectivity index (χ0n) is 8.13. The first-order valence-electron chi connectivity index (χ1n) is 4.16. The summed E-state index contributed by atoms with van der Waals surface area (Å²) in [7, 11) is -5.02. The van der Waals surface area contributed by atoms with Crippen molar-refractivity contribution in [2.75, 3.05) is 13.2 Å². The number of aliphatic hydroxyl groups is 3. The smallest absolute Gasteiger partial charge is 0.394 e. The van der Waals surface area contributed by atoms with Crippen LogP contribution in [0, 0.1) is 0 Å². The van der Waals surface area contributed by atoms with E-state index in [0.717, 1.165) is 0 Å². The van der Waals surface area contributed by atoms with Crippen LogP contribution in [0.2, 0.25) is 0 Å². The van der Waals surface area contributed by atoms with Crippen LogP contribution < -0.4 is 5.73 Å². The van der Waals surface area contributed by atoms with Crippen LogP contribution in [0.4, 0.5) is 0 Å². The third kappa shape index (κ3) is 5.10. The molecule has 0 fully saturated rings. The Hall–Kier alpha value is -0.380. The molecule has 0 aromatic heterocycles. The van der Waals surface area contributed by atoms with E-state index < -0.39 is 45.1 Å². The molecule has 0 unspecified atom stereocenters. The Bertz CT molecular complexity index is 278. The lowest BCUT2D eigenvalue weighted by molar-refractivity contribution is -0.135. The van der Waals surface area contributed by atoms with Crippen molar-refractivity contribution in [1.82, 2.24) is 0 Å². The first kappa shape index (κ1) is 15.6. The molecule has 0 rings (SSSR count). The van der Waals surface area contributed by atoms with Crippen molar-refractivity contribution in [3.05, 3.63) is 0 Å². The van der Waals surface area contributed by atoms with Gasteiger partial charge in [0.1, 0.15) is 6.10 Å². The van der Waals surface area contributed by atoms with E-state index in [4.69, 9.17) is 30.8 Å². The summed E-state index contributed by atoms with van der Waals surface area (Å²) in [5.41, 5.74) is 5.10. The average Bonchev–Trinajstić information content (AvgIpc) is 2.21. The van der Waals surface area contributed by atoms with Crippen molar-refractivity contribution in [3.63, 3.8) is 0 Å². The fraction of sp³-hybridized carbons (Fsp3) is 0.833. The minimum absolute atomic E-state index is 0.780. The molecule has 7 N–H and O–H groups in total. The van der Waals surface area contributed by atoms with Gasteiger partial charge in [-0.1, -0.05) is 0 Å². The largest absolute Gasteiger partial charge is 0.470 e. The molecule has 0 spiro atoms. The summed E-state index contributed by atoms with van der Waals surface area (Å²) < 4.78 is 14.5.